The molecule has 8 heteroatoms. The van der Waals surface area contributed by atoms with E-state index in [1.165, 1.54) is 13.8 Å². The summed E-state index contributed by atoms with van der Waals surface area (Å²) < 4.78 is 49.3. The molecule has 0 aliphatic rings. The van der Waals surface area contributed by atoms with Gasteiger partial charge in [-0.1, -0.05) is 19.3 Å². The molecule has 0 aromatic carbocycles. The number of aliphatic hydroxyl groups is 2. The number of hydrogen-bond donors (Lipinski definition) is 2. The SMILES string of the molecule is CCOP(=O)(OCC)C(F)(F)CCCCCCC(O)CO. The molecule has 0 bridgehead atoms. The van der Waals surface area contributed by atoms with Crippen LogP contribution in [-0.4, -0.2) is 41.8 Å². The molecule has 1 atom stereocenters. The van der Waals surface area contributed by atoms with E-state index >= 15 is 0 Å². The monoisotopic (exact) mass is 332 g/mol. The molecule has 0 fully saturated rings. The lowest BCUT2D eigenvalue weighted by atomic mass is 10.1. The Bertz CT molecular complexity index is 305. The second-order valence-electron chi connectivity index (χ2n) is 4.79. The van der Waals surface area contributed by atoms with E-state index in [4.69, 9.17) is 10.2 Å². The molecule has 0 aliphatic heterocycles. The topological polar surface area (TPSA) is 76.0 Å². The number of hydrogen-bond acceptors (Lipinski definition) is 5. The van der Waals surface area contributed by atoms with Crippen LogP contribution in [0.25, 0.3) is 0 Å². The molecule has 0 aliphatic carbocycles. The number of halogens is 2. The van der Waals surface area contributed by atoms with Gasteiger partial charge in [0.2, 0.25) is 0 Å². The quantitative estimate of drug-likeness (QED) is 0.398. The van der Waals surface area contributed by atoms with Crippen molar-refractivity contribution in [2.75, 3.05) is 19.8 Å². The average molecular weight is 332 g/mol. The minimum absolute atomic E-state index is 0.0914. The van der Waals surface area contributed by atoms with E-state index < -0.39 is 25.8 Å². The molecule has 0 saturated heterocycles. The van der Waals surface area contributed by atoms with Gasteiger partial charge in [-0.25, -0.2) is 0 Å². The van der Waals surface area contributed by atoms with Crippen LogP contribution in [0.2, 0.25) is 0 Å². The molecule has 0 aromatic rings. The normalized spacial score (nSPS) is 14.4. The second-order valence-corrected chi connectivity index (χ2v) is 6.95. The van der Waals surface area contributed by atoms with Crippen LogP contribution >= 0.6 is 7.60 Å². The van der Waals surface area contributed by atoms with E-state index in [9.17, 15) is 13.3 Å². The molecule has 5 nitrogen and oxygen atoms in total. The van der Waals surface area contributed by atoms with Crippen molar-refractivity contribution in [2.24, 2.45) is 0 Å². The summed E-state index contributed by atoms with van der Waals surface area (Å²) in [5, 5.41) is 17.8. The standard InChI is InChI=1S/C13H27F2O5P/c1-3-19-21(18,20-4-2)13(14,15)10-8-6-5-7-9-12(17)11-16/h12,16-17H,3-11H2,1-2H3. The third-order valence-electron chi connectivity index (χ3n) is 2.97. The fourth-order valence-electron chi connectivity index (χ4n) is 1.87. The summed E-state index contributed by atoms with van der Waals surface area (Å²) in [5.41, 5.74) is -3.48. The third kappa shape index (κ3) is 7.66. The highest BCUT2D eigenvalue weighted by molar-refractivity contribution is 7.55. The van der Waals surface area contributed by atoms with Gasteiger partial charge >= 0.3 is 13.3 Å². The molecular formula is C13H27F2O5P. The van der Waals surface area contributed by atoms with Crippen LogP contribution in [0, 0.1) is 0 Å². The first-order valence-electron chi connectivity index (χ1n) is 7.39. The van der Waals surface area contributed by atoms with E-state index in [0.717, 1.165) is 0 Å². The van der Waals surface area contributed by atoms with Crippen molar-refractivity contribution in [3.63, 3.8) is 0 Å². The summed E-state index contributed by atoms with van der Waals surface area (Å²) >= 11 is 0. The fraction of sp³-hybridized carbons (Fsp3) is 1.00. The van der Waals surface area contributed by atoms with E-state index in [0.29, 0.717) is 25.7 Å². The molecule has 0 aromatic heterocycles. The van der Waals surface area contributed by atoms with E-state index in [-0.39, 0.29) is 26.2 Å². The number of unbranched alkanes of at least 4 members (excludes halogenated alkanes) is 3. The molecule has 1 unspecified atom stereocenters. The summed E-state index contributed by atoms with van der Waals surface area (Å²) in [5.74, 6) is 0. The molecule has 0 saturated carbocycles. The van der Waals surface area contributed by atoms with Crippen LogP contribution in [0.1, 0.15) is 52.4 Å². The van der Waals surface area contributed by atoms with Crippen LogP contribution < -0.4 is 0 Å². The van der Waals surface area contributed by atoms with Crippen LogP contribution in [0.15, 0.2) is 0 Å². The lowest BCUT2D eigenvalue weighted by molar-refractivity contribution is 0.0293. The van der Waals surface area contributed by atoms with Crippen LogP contribution in [0.4, 0.5) is 8.78 Å². The first kappa shape index (κ1) is 20.9. The van der Waals surface area contributed by atoms with Crippen molar-refractivity contribution < 1.29 is 32.6 Å². The molecule has 128 valence electrons. The van der Waals surface area contributed by atoms with Gasteiger partial charge in [0.05, 0.1) is 25.9 Å². The maximum absolute atomic E-state index is 14.0. The van der Waals surface area contributed by atoms with Gasteiger partial charge in [-0.15, -0.1) is 0 Å². The van der Waals surface area contributed by atoms with Gasteiger partial charge in [-0.3, -0.25) is 4.57 Å². The van der Waals surface area contributed by atoms with Gasteiger partial charge in [-0.05, 0) is 26.7 Å². The van der Waals surface area contributed by atoms with E-state index in [2.05, 4.69) is 9.05 Å². The molecule has 0 amide bonds. The summed E-state index contributed by atoms with van der Waals surface area (Å²) in [6, 6.07) is 0. The smallest absolute Gasteiger partial charge is 0.394 e. The molecule has 21 heavy (non-hydrogen) atoms. The van der Waals surface area contributed by atoms with E-state index in [1.807, 2.05) is 0 Å². The van der Waals surface area contributed by atoms with Crippen molar-refractivity contribution in [2.45, 2.75) is 64.1 Å². The Morgan fingerprint density at radius 1 is 1.10 bits per heavy atom. The van der Waals surface area contributed by atoms with Gasteiger partial charge in [-0.2, -0.15) is 8.78 Å². The predicted molar refractivity (Wildman–Crippen MR) is 76.6 cm³/mol. The highest BCUT2D eigenvalue weighted by atomic mass is 31.2. The summed E-state index contributed by atoms with van der Waals surface area (Å²) in [6.45, 7) is 2.52. The summed E-state index contributed by atoms with van der Waals surface area (Å²) in [6.07, 6.45) is 1.21. The van der Waals surface area contributed by atoms with Crippen LogP contribution in [0.5, 0.6) is 0 Å². The van der Waals surface area contributed by atoms with Gasteiger partial charge in [0.15, 0.2) is 0 Å². The number of rotatable bonds is 13. The van der Waals surface area contributed by atoms with Crippen molar-refractivity contribution in [1.82, 2.24) is 0 Å². The van der Waals surface area contributed by atoms with Crippen LogP contribution in [0.3, 0.4) is 0 Å². The Balaban J connectivity index is 4.13. The molecule has 0 radical (unpaired) electrons. The highest BCUT2D eigenvalue weighted by Crippen LogP contribution is 2.63. The van der Waals surface area contributed by atoms with Crippen molar-refractivity contribution in [3.05, 3.63) is 0 Å². The maximum Gasteiger partial charge on any atom is 0.399 e. The Morgan fingerprint density at radius 3 is 2.10 bits per heavy atom. The molecule has 0 spiro atoms. The van der Waals surface area contributed by atoms with Crippen molar-refractivity contribution >= 4 is 7.60 Å². The lowest BCUT2D eigenvalue weighted by Gasteiger charge is -2.25. The van der Waals surface area contributed by atoms with Gasteiger partial charge in [0, 0.05) is 6.42 Å². The second kappa shape index (κ2) is 10.6. The zero-order valence-electron chi connectivity index (χ0n) is 12.8. The molecule has 0 rings (SSSR count). The molecule has 0 heterocycles. The number of aliphatic hydroxyl groups excluding tert-OH is 2. The van der Waals surface area contributed by atoms with E-state index in [1.54, 1.807) is 0 Å². The predicted octanol–water partition coefficient (Wildman–Crippen LogP) is 3.54. The Morgan fingerprint density at radius 2 is 1.62 bits per heavy atom. The fourth-order valence-corrected chi connectivity index (χ4v) is 3.43. The Hall–Kier alpha value is -0.0700. The highest BCUT2D eigenvalue weighted by Gasteiger charge is 2.52. The number of alkyl halides is 2. The Kier molecular flexibility index (Phi) is 10.6. The zero-order chi connectivity index (χ0) is 16.4. The zero-order valence-corrected chi connectivity index (χ0v) is 13.7. The molecular weight excluding hydrogens is 305 g/mol. The lowest BCUT2D eigenvalue weighted by Crippen LogP contribution is -2.20. The largest absolute Gasteiger partial charge is 0.399 e. The van der Waals surface area contributed by atoms with Crippen molar-refractivity contribution in [1.29, 1.82) is 0 Å². The first-order valence-corrected chi connectivity index (χ1v) is 8.93. The van der Waals surface area contributed by atoms with Crippen molar-refractivity contribution in [3.8, 4) is 0 Å². The minimum Gasteiger partial charge on any atom is -0.394 e. The van der Waals surface area contributed by atoms with Gasteiger partial charge < -0.3 is 19.3 Å². The minimum atomic E-state index is -4.40. The van der Waals surface area contributed by atoms with Gasteiger partial charge in [0.25, 0.3) is 0 Å². The Labute approximate surface area is 125 Å². The third-order valence-corrected chi connectivity index (χ3v) is 5.20. The summed E-state index contributed by atoms with van der Waals surface area (Å²) in [4.78, 5) is 0. The maximum atomic E-state index is 14.0. The van der Waals surface area contributed by atoms with Gasteiger partial charge in [0.1, 0.15) is 0 Å². The average Bonchev–Trinajstić information content (AvgIpc) is 2.42. The first-order chi connectivity index (χ1) is 9.83. The van der Waals surface area contributed by atoms with Crippen LogP contribution in [-0.2, 0) is 13.6 Å². The summed E-state index contributed by atoms with van der Waals surface area (Å²) in [7, 11) is -4.40. The molecule has 2 N–H and O–H groups in total.